The van der Waals surface area contributed by atoms with Gasteiger partial charge in [-0.1, -0.05) is 17.7 Å². The molecule has 0 radical (unpaired) electrons. The highest BCUT2D eigenvalue weighted by molar-refractivity contribution is 6.33. The first-order chi connectivity index (χ1) is 14.6. The van der Waals surface area contributed by atoms with Crippen LogP contribution in [0, 0.1) is 5.82 Å². The highest BCUT2D eigenvalue weighted by atomic mass is 35.5. The third kappa shape index (κ3) is 4.07. The van der Waals surface area contributed by atoms with E-state index in [0.717, 1.165) is 37.2 Å². The van der Waals surface area contributed by atoms with E-state index in [9.17, 15) is 9.18 Å². The van der Waals surface area contributed by atoms with Crippen molar-refractivity contribution in [2.75, 3.05) is 17.7 Å². The van der Waals surface area contributed by atoms with Gasteiger partial charge >= 0.3 is 0 Å². The van der Waals surface area contributed by atoms with Crippen LogP contribution in [0.5, 0.6) is 0 Å². The number of benzene rings is 1. The Morgan fingerprint density at radius 1 is 1.20 bits per heavy atom. The number of fused-ring (bicyclic) bond motifs is 1. The van der Waals surface area contributed by atoms with E-state index >= 15 is 0 Å². The number of hydroxylamine groups is 1. The summed E-state index contributed by atoms with van der Waals surface area (Å²) in [7, 11) is 1.28. The highest BCUT2D eigenvalue weighted by Gasteiger charge is 2.19. The summed E-state index contributed by atoms with van der Waals surface area (Å²) in [5.74, 6) is -0.861. The number of carbonyl (C=O) groups excluding carboxylic acids is 1. The number of aromatic nitrogens is 3. The lowest BCUT2D eigenvalue weighted by Gasteiger charge is -2.16. The summed E-state index contributed by atoms with van der Waals surface area (Å²) in [5.41, 5.74) is 4.67. The molecule has 0 spiro atoms. The van der Waals surface area contributed by atoms with E-state index in [-0.39, 0.29) is 11.3 Å². The van der Waals surface area contributed by atoms with Crippen molar-refractivity contribution in [2.45, 2.75) is 25.8 Å². The Balaban J connectivity index is 1.61. The van der Waals surface area contributed by atoms with Gasteiger partial charge in [-0.3, -0.25) is 14.3 Å². The van der Waals surface area contributed by atoms with Gasteiger partial charge in [0.2, 0.25) is 0 Å². The summed E-state index contributed by atoms with van der Waals surface area (Å²) in [4.78, 5) is 21.1. The summed E-state index contributed by atoms with van der Waals surface area (Å²) in [6.45, 7) is 0.906. The lowest BCUT2D eigenvalue weighted by Crippen LogP contribution is -2.24. The smallest absolute Gasteiger partial charge is 0.279 e. The summed E-state index contributed by atoms with van der Waals surface area (Å²) < 4.78 is 16.3. The maximum absolute atomic E-state index is 14.3. The lowest BCUT2D eigenvalue weighted by molar-refractivity contribution is 0.0534. The molecule has 0 unspecified atom stereocenters. The molecule has 0 bridgehead atoms. The van der Waals surface area contributed by atoms with Crippen LogP contribution >= 0.6 is 11.6 Å². The molecule has 1 aliphatic heterocycles. The van der Waals surface area contributed by atoms with E-state index < -0.39 is 11.7 Å². The zero-order valence-electron chi connectivity index (χ0n) is 16.2. The number of carbonyl (C=O) groups is 1. The van der Waals surface area contributed by atoms with E-state index in [0.29, 0.717) is 16.5 Å². The Hall–Kier alpha value is -3.17. The van der Waals surface area contributed by atoms with E-state index in [1.54, 1.807) is 18.3 Å². The van der Waals surface area contributed by atoms with Gasteiger partial charge in [0.25, 0.3) is 5.91 Å². The second-order valence-corrected chi connectivity index (χ2v) is 7.19. The summed E-state index contributed by atoms with van der Waals surface area (Å²) in [6, 6.07) is 5.96. The molecule has 8 nitrogen and oxygen atoms in total. The van der Waals surface area contributed by atoms with Crippen LogP contribution in [0.25, 0.3) is 0 Å². The molecule has 4 rings (SSSR count). The molecular formula is C20H20ClFN6O2. The van der Waals surface area contributed by atoms with Gasteiger partial charge in [0, 0.05) is 12.6 Å². The minimum atomic E-state index is -0.715. The molecule has 156 valence electrons. The number of nitrogens with zero attached hydrogens (tertiary/aromatic N) is 3. The third-order valence-corrected chi connectivity index (χ3v) is 5.11. The van der Waals surface area contributed by atoms with E-state index in [4.69, 9.17) is 11.6 Å². The minimum Gasteiger partial charge on any atom is -0.353 e. The fraction of sp³-hybridized carbons (Fsp3) is 0.250. The van der Waals surface area contributed by atoms with Gasteiger partial charge in [0.05, 0.1) is 47.3 Å². The Labute approximate surface area is 177 Å². The SMILES string of the molecule is CONC(=O)c1c(F)cccc1Nc1cc(Nc2cnn3c2CCCC3)ncc1Cl. The maximum atomic E-state index is 14.3. The molecule has 0 atom stereocenters. The fourth-order valence-electron chi connectivity index (χ4n) is 3.41. The van der Waals surface area contributed by atoms with Crippen molar-refractivity contribution in [3.8, 4) is 0 Å². The average molecular weight is 431 g/mol. The van der Waals surface area contributed by atoms with Crippen LogP contribution in [0.15, 0.2) is 36.7 Å². The van der Waals surface area contributed by atoms with Crippen LogP contribution in [0.2, 0.25) is 5.02 Å². The van der Waals surface area contributed by atoms with Crippen molar-refractivity contribution < 1.29 is 14.0 Å². The van der Waals surface area contributed by atoms with Crippen molar-refractivity contribution >= 4 is 40.4 Å². The van der Waals surface area contributed by atoms with Gasteiger partial charge < -0.3 is 10.6 Å². The Kier molecular flexibility index (Phi) is 5.82. The van der Waals surface area contributed by atoms with Crippen LogP contribution in [-0.2, 0) is 17.8 Å². The largest absolute Gasteiger partial charge is 0.353 e. The number of aryl methyl sites for hydroxylation is 1. The first-order valence-electron chi connectivity index (χ1n) is 9.43. The number of amides is 1. The molecule has 0 fully saturated rings. The first kappa shape index (κ1) is 20.1. The van der Waals surface area contributed by atoms with Gasteiger partial charge in [-0.2, -0.15) is 5.10 Å². The second-order valence-electron chi connectivity index (χ2n) is 6.78. The molecular weight excluding hydrogens is 411 g/mol. The van der Waals surface area contributed by atoms with E-state index in [1.165, 1.54) is 25.4 Å². The van der Waals surface area contributed by atoms with Crippen LogP contribution in [0.4, 0.5) is 27.3 Å². The number of pyridine rings is 1. The number of hydrogen-bond donors (Lipinski definition) is 3. The number of anilines is 4. The molecule has 3 N–H and O–H groups in total. The first-order valence-corrected chi connectivity index (χ1v) is 9.80. The zero-order valence-corrected chi connectivity index (χ0v) is 17.0. The van der Waals surface area contributed by atoms with Crippen LogP contribution < -0.4 is 16.1 Å². The molecule has 1 aromatic carbocycles. The summed E-state index contributed by atoms with van der Waals surface area (Å²) in [5, 5.41) is 11.0. The predicted octanol–water partition coefficient (Wildman–Crippen LogP) is 4.19. The number of nitrogens with one attached hydrogen (secondary N) is 3. The maximum Gasteiger partial charge on any atom is 0.279 e. The monoisotopic (exact) mass is 430 g/mol. The normalized spacial score (nSPS) is 12.9. The molecule has 0 saturated heterocycles. The van der Waals surface area contributed by atoms with Crippen LogP contribution in [0.3, 0.4) is 0 Å². The molecule has 2 aromatic heterocycles. The predicted molar refractivity (Wildman–Crippen MR) is 112 cm³/mol. The molecule has 0 saturated carbocycles. The van der Waals surface area contributed by atoms with Gasteiger partial charge in [0.15, 0.2) is 0 Å². The van der Waals surface area contributed by atoms with E-state index in [2.05, 4.69) is 31.0 Å². The van der Waals surface area contributed by atoms with Crippen molar-refractivity contribution in [1.29, 1.82) is 0 Å². The van der Waals surface area contributed by atoms with Crippen LogP contribution in [0.1, 0.15) is 28.9 Å². The highest BCUT2D eigenvalue weighted by Crippen LogP contribution is 2.31. The molecule has 3 heterocycles. The van der Waals surface area contributed by atoms with Gasteiger partial charge in [-0.15, -0.1) is 0 Å². The summed E-state index contributed by atoms with van der Waals surface area (Å²) >= 11 is 6.29. The Bertz CT molecular complexity index is 1090. The molecule has 1 amide bonds. The number of rotatable bonds is 6. The molecule has 0 aliphatic carbocycles. The van der Waals surface area contributed by atoms with Crippen molar-refractivity contribution in [3.63, 3.8) is 0 Å². The average Bonchev–Trinajstić information content (AvgIpc) is 3.14. The quantitative estimate of drug-likeness (QED) is 0.508. The molecule has 1 aliphatic rings. The standard InChI is InChI=1S/C20H20ClFN6O2/c1-30-27-20(29)19-13(22)5-4-6-14(19)25-15-9-18(23-10-12(15)21)26-16-11-24-28-8-3-2-7-17(16)28/h4-6,9-11H,2-3,7-8H2,1H3,(H,27,29)(H2,23,25,26). The lowest BCUT2D eigenvalue weighted by atomic mass is 10.1. The minimum absolute atomic E-state index is 0.188. The molecule has 10 heteroatoms. The zero-order chi connectivity index (χ0) is 21.1. The third-order valence-electron chi connectivity index (χ3n) is 4.81. The molecule has 3 aromatic rings. The molecule has 30 heavy (non-hydrogen) atoms. The van der Waals surface area contributed by atoms with Crippen molar-refractivity contribution in [1.82, 2.24) is 20.2 Å². The summed E-state index contributed by atoms with van der Waals surface area (Å²) in [6.07, 6.45) is 6.45. The fourth-order valence-corrected chi connectivity index (χ4v) is 3.56. The van der Waals surface area contributed by atoms with E-state index in [1.807, 2.05) is 4.68 Å². The number of hydrogen-bond acceptors (Lipinski definition) is 6. The topological polar surface area (TPSA) is 93.1 Å². The van der Waals surface area contributed by atoms with Crippen LogP contribution in [-0.4, -0.2) is 27.8 Å². The van der Waals surface area contributed by atoms with Crippen molar-refractivity contribution in [2.24, 2.45) is 0 Å². The van der Waals surface area contributed by atoms with Crippen molar-refractivity contribution in [3.05, 3.63) is 58.8 Å². The van der Waals surface area contributed by atoms with Gasteiger partial charge in [0.1, 0.15) is 17.2 Å². The Morgan fingerprint density at radius 3 is 2.90 bits per heavy atom. The second kappa shape index (κ2) is 8.68. The number of halogens is 2. The van der Waals surface area contributed by atoms with Gasteiger partial charge in [-0.25, -0.2) is 14.9 Å². The van der Waals surface area contributed by atoms with Gasteiger partial charge in [-0.05, 0) is 31.4 Å². The Morgan fingerprint density at radius 2 is 2.07 bits per heavy atom.